The number of azide groups is 1. The molecular weight excluding hydrogens is 192 g/mol. The Morgan fingerprint density at radius 3 is 2.80 bits per heavy atom. The summed E-state index contributed by atoms with van der Waals surface area (Å²) in [7, 11) is 0. The Morgan fingerprint density at radius 1 is 1.73 bits per heavy atom. The van der Waals surface area contributed by atoms with Crippen LogP contribution in [0.1, 0.15) is 20.3 Å². The largest absolute Gasteiger partial charge is 0.352 e. The summed E-state index contributed by atoms with van der Waals surface area (Å²) in [5.41, 5.74) is 8.43. The van der Waals surface area contributed by atoms with E-state index in [0.717, 1.165) is 0 Å². The molecule has 0 aromatic rings. The zero-order valence-electron chi connectivity index (χ0n) is 9.05. The predicted octanol–water partition coefficient (Wildman–Crippen LogP) is 2.01. The average Bonchev–Trinajstić information content (AvgIpc) is 2.12. The van der Waals surface area contributed by atoms with Gasteiger partial charge >= 0.3 is 0 Å². The monoisotopic (exact) mass is 208 g/mol. The van der Waals surface area contributed by atoms with E-state index in [2.05, 4.69) is 21.9 Å². The van der Waals surface area contributed by atoms with Crippen molar-refractivity contribution in [2.45, 2.75) is 32.4 Å². The quantitative estimate of drug-likeness (QED) is 0.242. The van der Waals surface area contributed by atoms with Gasteiger partial charge in [-0.15, -0.1) is 6.58 Å². The number of nitrogens with one attached hydrogen (secondary N) is 1. The number of amides is 1. The van der Waals surface area contributed by atoms with Gasteiger partial charge in [0.15, 0.2) is 0 Å². The molecule has 0 saturated carbocycles. The number of hydrogen-bond acceptors (Lipinski definition) is 2. The summed E-state index contributed by atoms with van der Waals surface area (Å²) in [6.07, 6.45) is 2.30. The van der Waals surface area contributed by atoms with Gasteiger partial charge in [-0.1, -0.05) is 25.0 Å². The van der Waals surface area contributed by atoms with Crippen molar-refractivity contribution in [3.05, 3.63) is 23.1 Å². The Labute approximate surface area is 89.2 Å². The molecule has 1 heterocycles. The second-order valence-corrected chi connectivity index (χ2v) is 4.10. The minimum atomic E-state index is -0.211. The zero-order valence-corrected chi connectivity index (χ0v) is 9.05. The van der Waals surface area contributed by atoms with E-state index in [1.54, 1.807) is 6.08 Å². The first kappa shape index (κ1) is 11.6. The number of carbonyl (C=O) groups is 1. The number of hydrogen-bond donors (Lipinski definition) is 1. The number of β-lactam (4-membered cyclic amide) rings is 1. The van der Waals surface area contributed by atoms with E-state index < -0.39 is 0 Å². The first-order valence-corrected chi connectivity index (χ1v) is 5.07. The Morgan fingerprint density at radius 2 is 2.40 bits per heavy atom. The first-order valence-electron chi connectivity index (χ1n) is 5.07. The third-order valence-corrected chi connectivity index (χ3v) is 2.74. The van der Waals surface area contributed by atoms with Crippen LogP contribution in [0.15, 0.2) is 17.8 Å². The molecule has 3 atom stereocenters. The lowest BCUT2D eigenvalue weighted by Crippen LogP contribution is -2.64. The summed E-state index contributed by atoms with van der Waals surface area (Å²) >= 11 is 0. The lowest BCUT2D eigenvalue weighted by molar-refractivity contribution is -0.138. The minimum absolute atomic E-state index is 0.0357. The molecule has 1 saturated heterocycles. The van der Waals surface area contributed by atoms with Crippen LogP contribution in [-0.4, -0.2) is 18.0 Å². The molecule has 0 bridgehead atoms. The molecule has 5 nitrogen and oxygen atoms in total. The van der Waals surface area contributed by atoms with Crippen molar-refractivity contribution in [2.24, 2.45) is 17.0 Å². The van der Waals surface area contributed by atoms with Crippen molar-refractivity contribution in [1.82, 2.24) is 5.32 Å². The van der Waals surface area contributed by atoms with E-state index in [-0.39, 0.29) is 29.8 Å². The standard InChI is InChI=1S/C10H16N4O/c1-4-5-7(13-14-11)9-8(6(2)3)10(15)12-9/h4,6-9H,1,5H2,2-3H3,(H,12,15). The van der Waals surface area contributed by atoms with Gasteiger partial charge in [-0.2, -0.15) is 0 Å². The molecule has 1 aliphatic heterocycles. The molecule has 82 valence electrons. The van der Waals surface area contributed by atoms with Crippen LogP contribution in [0.4, 0.5) is 0 Å². The molecule has 1 aliphatic rings. The van der Waals surface area contributed by atoms with Crippen molar-refractivity contribution in [2.75, 3.05) is 0 Å². The molecule has 0 aromatic carbocycles. The maximum absolute atomic E-state index is 11.3. The summed E-state index contributed by atoms with van der Waals surface area (Å²) in [5, 5.41) is 6.49. The third-order valence-electron chi connectivity index (χ3n) is 2.74. The molecular formula is C10H16N4O. The zero-order chi connectivity index (χ0) is 11.4. The van der Waals surface area contributed by atoms with Crippen LogP contribution in [0.3, 0.4) is 0 Å². The summed E-state index contributed by atoms with van der Waals surface area (Å²) in [4.78, 5) is 14.1. The van der Waals surface area contributed by atoms with Crippen molar-refractivity contribution in [3.63, 3.8) is 0 Å². The van der Waals surface area contributed by atoms with Crippen LogP contribution in [0.5, 0.6) is 0 Å². The van der Waals surface area contributed by atoms with E-state index in [0.29, 0.717) is 6.42 Å². The van der Waals surface area contributed by atoms with Gasteiger partial charge in [-0.3, -0.25) is 4.79 Å². The highest BCUT2D eigenvalue weighted by Gasteiger charge is 2.44. The van der Waals surface area contributed by atoms with Crippen molar-refractivity contribution in [1.29, 1.82) is 0 Å². The molecule has 1 rings (SSSR count). The van der Waals surface area contributed by atoms with Gasteiger partial charge in [0.2, 0.25) is 5.91 Å². The van der Waals surface area contributed by atoms with Gasteiger partial charge in [0.05, 0.1) is 12.0 Å². The second-order valence-electron chi connectivity index (χ2n) is 4.10. The van der Waals surface area contributed by atoms with Crippen molar-refractivity contribution >= 4 is 5.91 Å². The summed E-state index contributed by atoms with van der Waals surface area (Å²) in [6.45, 7) is 7.61. The van der Waals surface area contributed by atoms with Crippen LogP contribution in [0.25, 0.3) is 10.4 Å². The van der Waals surface area contributed by atoms with Crippen molar-refractivity contribution in [3.8, 4) is 0 Å². The van der Waals surface area contributed by atoms with Gasteiger partial charge in [0, 0.05) is 11.0 Å². The number of carbonyl (C=O) groups excluding carboxylic acids is 1. The van der Waals surface area contributed by atoms with Gasteiger partial charge in [0.25, 0.3) is 0 Å². The Hall–Kier alpha value is -1.48. The molecule has 0 aromatic heterocycles. The molecule has 0 spiro atoms. The smallest absolute Gasteiger partial charge is 0.225 e. The summed E-state index contributed by atoms with van der Waals surface area (Å²) in [6, 6.07) is -0.246. The number of rotatable bonds is 5. The average molecular weight is 208 g/mol. The lowest BCUT2D eigenvalue weighted by atomic mass is 9.77. The van der Waals surface area contributed by atoms with Crippen molar-refractivity contribution < 1.29 is 4.79 Å². The molecule has 5 heteroatoms. The lowest BCUT2D eigenvalue weighted by Gasteiger charge is -2.42. The normalized spacial score (nSPS) is 26.2. The molecule has 0 aliphatic carbocycles. The predicted molar refractivity (Wildman–Crippen MR) is 58.0 cm³/mol. The number of nitrogens with zero attached hydrogens (tertiary/aromatic N) is 3. The Bertz CT molecular complexity index is 307. The fraction of sp³-hybridized carbons (Fsp3) is 0.700. The van der Waals surface area contributed by atoms with E-state index >= 15 is 0 Å². The molecule has 3 unspecified atom stereocenters. The molecule has 0 radical (unpaired) electrons. The van der Waals surface area contributed by atoms with Gasteiger partial charge in [0.1, 0.15) is 0 Å². The highest BCUT2D eigenvalue weighted by Crippen LogP contribution is 2.28. The summed E-state index contributed by atoms with van der Waals surface area (Å²) < 4.78 is 0. The van der Waals surface area contributed by atoms with Gasteiger partial charge in [-0.25, -0.2) is 0 Å². The van der Waals surface area contributed by atoms with Crippen LogP contribution in [0.2, 0.25) is 0 Å². The van der Waals surface area contributed by atoms with E-state index in [9.17, 15) is 4.79 Å². The van der Waals surface area contributed by atoms with Gasteiger partial charge < -0.3 is 5.32 Å². The van der Waals surface area contributed by atoms with Crippen LogP contribution < -0.4 is 5.32 Å². The highest BCUT2D eigenvalue weighted by molar-refractivity contribution is 5.86. The minimum Gasteiger partial charge on any atom is -0.352 e. The van der Waals surface area contributed by atoms with E-state index in [4.69, 9.17) is 5.53 Å². The topological polar surface area (TPSA) is 77.9 Å². The Balaban J connectivity index is 2.72. The fourth-order valence-corrected chi connectivity index (χ4v) is 1.97. The summed E-state index contributed by atoms with van der Waals surface area (Å²) in [5.74, 6) is 0.280. The van der Waals surface area contributed by atoms with E-state index in [1.807, 2.05) is 13.8 Å². The van der Waals surface area contributed by atoms with Crippen LogP contribution in [0, 0.1) is 11.8 Å². The first-order chi connectivity index (χ1) is 7.11. The maximum atomic E-state index is 11.3. The van der Waals surface area contributed by atoms with E-state index in [1.165, 1.54) is 0 Å². The molecule has 15 heavy (non-hydrogen) atoms. The maximum Gasteiger partial charge on any atom is 0.225 e. The molecule has 1 N–H and O–H groups in total. The van der Waals surface area contributed by atoms with Crippen LogP contribution >= 0.6 is 0 Å². The SMILES string of the molecule is C=CCC(N=[N+]=[N-])C1NC(=O)C1C(C)C. The third kappa shape index (κ3) is 2.30. The fourth-order valence-electron chi connectivity index (χ4n) is 1.97. The second kappa shape index (κ2) is 4.84. The van der Waals surface area contributed by atoms with Gasteiger partial charge in [-0.05, 0) is 17.9 Å². The Kier molecular flexibility index (Phi) is 3.74. The molecule has 1 amide bonds. The highest BCUT2D eigenvalue weighted by atomic mass is 16.2. The van der Waals surface area contributed by atoms with Crippen LogP contribution in [-0.2, 0) is 4.79 Å². The molecule has 1 fully saturated rings.